The molecule has 10 nitrogen and oxygen atoms in total. The van der Waals surface area contributed by atoms with Gasteiger partial charge in [0.1, 0.15) is 17.3 Å². The summed E-state index contributed by atoms with van der Waals surface area (Å²) in [5.74, 6) is 0.203. The Balaban J connectivity index is 1.47. The summed E-state index contributed by atoms with van der Waals surface area (Å²) >= 11 is 0. The minimum Gasteiger partial charge on any atom is -0.497 e. The number of hydrazone groups is 1. The van der Waals surface area contributed by atoms with Crippen LogP contribution in [-0.2, 0) is 6.42 Å². The highest BCUT2D eigenvalue weighted by Crippen LogP contribution is 2.30. The molecule has 0 aliphatic heterocycles. The Hall–Kier alpha value is -4.60. The molecule has 186 valence electrons. The van der Waals surface area contributed by atoms with Gasteiger partial charge in [-0.3, -0.25) is 25.2 Å². The minimum absolute atomic E-state index is 0.0661. The number of rotatable bonds is 6. The van der Waals surface area contributed by atoms with Gasteiger partial charge >= 0.3 is 5.91 Å². The summed E-state index contributed by atoms with van der Waals surface area (Å²) in [7, 11) is 3.01. The van der Waals surface area contributed by atoms with Crippen LogP contribution in [0.4, 0.5) is 0 Å². The second-order valence-electron chi connectivity index (χ2n) is 8.04. The first kappa shape index (κ1) is 24.5. The summed E-state index contributed by atoms with van der Waals surface area (Å²) in [6.07, 6.45) is 1.99. The molecule has 1 aliphatic rings. The molecule has 0 spiro atoms. The summed E-state index contributed by atoms with van der Waals surface area (Å²) in [5, 5.41) is 4.32. The largest absolute Gasteiger partial charge is 0.497 e. The molecule has 0 bridgehead atoms. The third-order valence-corrected chi connectivity index (χ3v) is 5.82. The van der Waals surface area contributed by atoms with Gasteiger partial charge in [-0.05, 0) is 56.2 Å². The maximum absolute atomic E-state index is 12.8. The SMILES string of the molecule is COc1ccc(C(=O)N/N=C2\CCCc3oc(C(=O)NNC(=O)c4ccccc4OC)c(C)c32)cc1. The minimum atomic E-state index is -0.605. The van der Waals surface area contributed by atoms with Crippen LogP contribution < -0.4 is 25.8 Å². The quantitative estimate of drug-likeness (QED) is 0.455. The molecule has 1 aliphatic carbocycles. The van der Waals surface area contributed by atoms with Crippen LogP contribution in [0.25, 0.3) is 0 Å². The van der Waals surface area contributed by atoms with Crippen molar-refractivity contribution in [1.82, 2.24) is 16.3 Å². The second-order valence-corrected chi connectivity index (χ2v) is 8.04. The summed E-state index contributed by atoms with van der Waals surface area (Å²) < 4.78 is 16.1. The molecule has 0 atom stereocenters. The van der Waals surface area contributed by atoms with E-state index < -0.39 is 11.8 Å². The van der Waals surface area contributed by atoms with Crippen LogP contribution in [0.2, 0.25) is 0 Å². The Bertz CT molecular complexity index is 1330. The van der Waals surface area contributed by atoms with E-state index in [1.165, 1.54) is 7.11 Å². The number of fused-ring (bicyclic) bond motifs is 1. The summed E-state index contributed by atoms with van der Waals surface area (Å²) in [6, 6.07) is 13.3. The molecular formula is C26H26N4O6. The van der Waals surface area contributed by atoms with E-state index in [9.17, 15) is 14.4 Å². The Kier molecular flexibility index (Phi) is 7.33. The zero-order valence-electron chi connectivity index (χ0n) is 20.1. The number of benzene rings is 2. The van der Waals surface area contributed by atoms with Crippen LogP contribution >= 0.6 is 0 Å². The highest BCUT2D eigenvalue weighted by molar-refractivity contribution is 6.07. The third-order valence-electron chi connectivity index (χ3n) is 5.82. The monoisotopic (exact) mass is 490 g/mol. The first-order valence-corrected chi connectivity index (χ1v) is 11.3. The molecule has 3 amide bonds. The van der Waals surface area contributed by atoms with Gasteiger partial charge in [0.2, 0.25) is 0 Å². The number of nitrogens with zero attached hydrogens (tertiary/aromatic N) is 1. The molecule has 2 aromatic carbocycles. The number of carbonyl (C=O) groups is 3. The lowest BCUT2D eigenvalue weighted by atomic mass is 9.93. The van der Waals surface area contributed by atoms with Crippen molar-refractivity contribution in [1.29, 1.82) is 0 Å². The Labute approximate surface area is 207 Å². The third kappa shape index (κ3) is 5.07. The molecule has 0 radical (unpaired) electrons. The van der Waals surface area contributed by atoms with Crippen molar-refractivity contribution in [2.45, 2.75) is 26.2 Å². The number of methoxy groups -OCH3 is 2. The van der Waals surface area contributed by atoms with Crippen molar-refractivity contribution in [2.24, 2.45) is 5.10 Å². The maximum Gasteiger partial charge on any atom is 0.305 e. The Morgan fingerprint density at radius 2 is 1.61 bits per heavy atom. The molecule has 4 rings (SSSR count). The van der Waals surface area contributed by atoms with Gasteiger partial charge in [0.15, 0.2) is 5.76 Å². The van der Waals surface area contributed by atoms with Crippen molar-refractivity contribution in [3.8, 4) is 11.5 Å². The number of nitrogens with one attached hydrogen (secondary N) is 3. The molecule has 0 saturated heterocycles. The van der Waals surface area contributed by atoms with Gasteiger partial charge < -0.3 is 13.9 Å². The van der Waals surface area contributed by atoms with Gasteiger partial charge in [0.25, 0.3) is 11.8 Å². The number of carbonyl (C=O) groups excluding carboxylic acids is 3. The van der Waals surface area contributed by atoms with Crippen LogP contribution in [0.15, 0.2) is 58.0 Å². The van der Waals surface area contributed by atoms with E-state index in [0.29, 0.717) is 52.5 Å². The topological polar surface area (TPSA) is 131 Å². The van der Waals surface area contributed by atoms with Crippen LogP contribution in [0, 0.1) is 6.92 Å². The number of amides is 3. The van der Waals surface area contributed by atoms with Crippen molar-refractivity contribution in [3.05, 3.63) is 82.3 Å². The van der Waals surface area contributed by atoms with E-state index in [0.717, 1.165) is 6.42 Å². The lowest BCUT2D eigenvalue weighted by Gasteiger charge is -2.13. The van der Waals surface area contributed by atoms with Crippen molar-refractivity contribution >= 4 is 23.4 Å². The van der Waals surface area contributed by atoms with E-state index in [4.69, 9.17) is 13.9 Å². The molecule has 0 saturated carbocycles. The number of ether oxygens (including phenoxy) is 2. The lowest BCUT2D eigenvalue weighted by molar-refractivity contribution is 0.0827. The number of hydrogen-bond donors (Lipinski definition) is 3. The van der Waals surface area contributed by atoms with Crippen LogP contribution in [0.3, 0.4) is 0 Å². The van der Waals surface area contributed by atoms with Crippen LogP contribution in [0.5, 0.6) is 11.5 Å². The molecule has 0 fully saturated rings. The molecule has 0 unspecified atom stereocenters. The molecule has 3 aromatic rings. The molecule has 36 heavy (non-hydrogen) atoms. The molecule has 1 heterocycles. The van der Waals surface area contributed by atoms with Crippen molar-refractivity contribution < 1.29 is 28.3 Å². The van der Waals surface area contributed by atoms with Crippen molar-refractivity contribution in [2.75, 3.05) is 14.2 Å². The zero-order chi connectivity index (χ0) is 25.7. The summed E-state index contributed by atoms with van der Waals surface area (Å²) in [4.78, 5) is 37.8. The molecular weight excluding hydrogens is 464 g/mol. The molecule has 3 N–H and O–H groups in total. The first-order valence-electron chi connectivity index (χ1n) is 11.3. The number of para-hydroxylation sites is 1. The van der Waals surface area contributed by atoms with Gasteiger partial charge in [-0.15, -0.1) is 0 Å². The maximum atomic E-state index is 12.8. The summed E-state index contributed by atoms with van der Waals surface area (Å²) in [6.45, 7) is 1.74. The fourth-order valence-electron chi connectivity index (χ4n) is 3.99. The van der Waals surface area contributed by atoms with Gasteiger partial charge in [-0.1, -0.05) is 12.1 Å². The average Bonchev–Trinajstić information content (AvgIpc) is 3.27. The van der Waals surface area contributed by atoms with Gasteiger partial charge in [0.05, 0.1) is 25.5 Å². The average molecular weight is 491 g/mol. The predicted octanol–water partition coefficient (Wildman–Crippen LogP) is 3.15. The van der Waals surface area contributed by atoms with E-state index >= 15 is 0 Å². The zero-order valence-corrected chi connectivity index (χ0v) is 20.1. The van der Waals surface area contributed by atoms with Crippen LogP contribution in [0.1, 0.15) is 61.0 Å². The normalized spacial score (nSPS) is 13.5. The van der Waals surface area contributed by atoms with E-state index in [2.05, 4.69) is 21.4 Å². The van der Waals surface area contributed by atoms with Crippen molar-refractivity contribution in [3.63, 3.8) is 0 Å². The molecule has 1 aromatic heterocycles. The highest BCUT2D eigenvalue weighted by atomic mass is 16.5. The smallest absolute Gasteiger partial charge is 0.305 e. The first-order chi connectivity index (χ1) is 17.4. The number of hydrogen-bond acceptors (Lipinski definition) is 7. The fourth-order valence-corrected chi connectivity index (χ4v) is 3.99. The van der Waals surface area contributed by atoms with Gasteiger partial charge in [-0.25, -0.2) is 5.43 Å². The van der Waals surface area contributed by atoms with Crippen LogP contribution in [-0.4, -0.2) is 37.7 Å². The summed E-state index contributed by atoms with van der Waals surface area (Å²) in [5.41, 5.74) is 9.95. The predicted molar refractivity (Wildman–Crippen MR) is 131 cm³/mol. The number of furan rings is 1. The number of aryl methyl sites for hydroxylation is 1. The molecule has 10 heteroatoms. The van der Waals surface area contributed by atoms with Gasteiger partial charge in [0, 0.05) is 23.1 Å². The number of hydrazine groups is 1. The van der Waals surface area contributed by atoms with Gasteiger partial charge in [-0.2, -0.15) is 5.10 Å². The fraction of sp³-hybridized carbons (Fsp3) is 0.231. The Morgan fingerprint density at radius 3 is 2.33 bits per heavy atom. The highest BCUT2D eigenvalue weighted by Gasteiger charge is 2.28. The van der Waals surface area contributed by atoms with E-state index in [1.54, 1.807) is 62.6 Å². The lowest BCUT2D eigenvalue weighted by Crippen LogP contribution is -2.41. The Morgan fingerprint density at radius 1 is 0.889 bits per heavy atom. The van der Waals surface area contributed by atoms with E-state index in [1.807, 2.05) is 0 Å². The van der Waals surface area contributed by atoms with E-state index in [-0.39, 0.29) is 17.2 Å². The standard InChI is InChI=1S/C26H26N4O6/c1-15-22-19(27-28-24(31)16-11-13-17(34-2)14-12-16)8-6-10-21(22)36-23(15)26(33)30-29-25(32)18-7-4-5-9-20(18)35-3/h4-5,7,9,11-14H,6,8,10H2,1-3H3,(H,28,31)(H,29,32)(H,30,33)/b27-19+. The second kappa shape index (κ2) is 10.8.